The first-order chi connectivity index (χ1) is 12.6. The third-order valence-electron chi connectivity index (χ3n) is 4.96. The van der Waals surface area contributed by atoms with E-state index >= 15 is 0 Å². The molecule has 2 aromatic carbocycles. The average molecular weight is 375 g/mol. The summed E-state index contributed by atoms with van der Waals surface area (Å²) >= 11 is 5.89. The molecule has 2 N–H and O–H groups in total. The topological polar surface area (TPSA) is 46.0 Å². The van der Waals surface area contributed by atoms with Gasteiger partial charge in [0.25, 0.3) is 5.91 Å². The van der Waals surface area contributed by atoms with Gasteiger partial charge in [0.1, 0.15) is 5.75 Å². The maximum atomic E-state index is 12.5. The Balaban J connectivity index is 1.53. The molecule has 3 rings (SSSR count). The molecule has 6 heteroatoms. The van der Waals surface area contributed by atoms with Crippen LogP contribution < -0.4 is 19.9 Å². The summed E-state index contributed by atoms with van der Waals surface area (Å²) in [6.45, 7) is 5.71. The van der Waals surface area contributed by atoms with E-state index in [1.54, 1.807) is 19.2 Å². The quantitative estimate of drug-likeness (QED) is 0.842. The highest BCUT2D eigenvalue weighted by atomic mass is 35.5. The molecule has 1 heterocycles. The van der Waals surface area contributed by atoms with Crippen molar-refractivity contribution in [2.45, 2.75) is 13.0 Å². The van der Waals surface area contributed by atoms with Crippen molar-refractivity contribution in [1.29, 1.82) is 0 Å². The van der Waals surface area contributed by atoms with Gasteiger partial charge in [-0.3, -0.25) is 4.79 Å². The monoisotopic (exact) mass is 374 g/mol. The zero-order valence-corrected chi connectivity index (χ0v) is 15.9. The van der Waals surface area contributed by atoms with Gasteiger partial charge in [-0.15, -0.1) is 0 Å². The molecule has 0 radical (unpaired) electrons. The van der Waals surface area contributed by atoms with Gasteiger partial charge in [0, 0.05) is 16.4 Å². The van der Waals surface area contributed by atoms with Crippen LogP contribution in [-0.2, 0) is 4.79 Å². The van der Waals surface area contributed by atoms with E-state index in [0.29, 0.717) is 5.02 Å². The third-order valence-corrected chi connectivity index (χ3v) is 5.21. The van der Waals surface area contributed by atoms with Crippen LogP contribution in [0.4, 0.5) is 11.4 Å². The molecule has 0 spiro atoms. The van der Waals surface area contributed by atoms with Crippen molar-refractivity contribution in [3.05, 3.63) is 53.6 Å². The van der Waals surface area contributed by atoms with Crippen LogP contribution >= 0.6 is 11.6 Å². The number of rotatable bonds is 5. The SMILES string of the molecule is COc1ccc(N2CC[NH+]([C@H](C)C(=O)Nc3ccc(Cl)cc3)CC2)cc1. The summed E-state index contributed by atoms with van der Waals surface area (Å²) in [4.78, 5) is 16.2. The van der Waals surface area contributed by atoms with E-state index in [2.05, 4.69) is 22.3 Å². The molecule has 0 bridgehead atoms. The molecule has 1 aliphatic rings. The largest absolute Gasteiger partial charge is 0.497 e. The minimum atomic E-state index is -0.0938. The highest BCUT2D eigenvalue weighted by Crippen LogP contribution is 2.19. The number of ether oxygens (including phenoxy) is 1. The fourth-order valence-electron chi connectivity index (χ4n) is 3.25. The van der Waals surface area contributed by atoms with Crippen LogP contribution in [0, 0.1) is 0 Å². The van der Waals surface area contributed by atoms with Crippen molar-refractivity contribution in [2.24, 2.45) is 0 Å². The zero-order chi connectivity index (χ0) is 18.5. The fourth-order valence-corrected chi connectivity index (χ4v) is 3.37. The maximum absolute atomic E-state index is 12.5. The molecule has 5 nitrogen and oxygen atoms in total. The molecule has 1 fully saturated rings. The lowest BCUT2D eigenvalue weighted by Crippen LogP contribution is -3.19. The van der Waals surface area contributed by atoms with Crippen molar-refractivity contribution in [3.8, 4) is 5.75 Å². The number of nitrogens with zero attached hydrogens (tertiary/aromatic N) is 1. The van der Waals surface area contributed by atoms with Crippen LogP contribution in [0.25, 0.3) is 0 Å². The Labute approximate surface area is 159 Å². The van der Waals surface area contributed by atoms with Gasteiger partial charge in [-0.25, -0.2) is 0 Å². The van der Waals surface area contributed by atoms with E-state index in [-0.39, 0.29) is 11.9 Å². The highest BCUT2D eigenvalue weighted by Gasteiger charge is 2.29. The van der Waals surface area contributed by atoms with E-state index in [4.69, 9.17) is 16.3 Å². The Hall–Kier alpha value is -2.24. The van der Waals surface area contributed by atoms with Gasteiger partial charge in [-0.2, -0.15) is 0 Å². The molecule has 0 saturated carbocycles. The van der Waals surface area contributed by atoms with Crippen LogP contribution in [0.5, 0.6) is 5.75 Å². The summed E-state index contributed by atoms with van der Waals surface area (Å²) in [7, 11) is 1.67. The van der Waals surface area contributed by atoms with Gasteiger partial charge in [0.15, 0.2) is 6.04 Å². The predicted octanol–water partition coefficient (Wildman–Crippen LogP) is 2.08. The molecule has 1 saturated heterocycles. The molecular weight excluding hydrogens is 350 g/mol. The molecule has 0 unspecified atom stereocenters. The van der Waals surface area contributed by atoms with Crippen LogP contribution in [0.1, 0.15) is 6.92 Å². The Bertz CT molecular complexity index is 726. The number of carbonyl (C=O) groups is 1. The summed E-state index contributed by atoms with van der Waals surface area (Å²) in [6.07, 6.45) is 0. The lowest BCUT2D eigenvalue weighted by molar-refractivity contribution is -0.914. The van der Waals surface area contributed by atoms with E-state index < -0.39 is 0 Å². The number of anilines is 2. The number of hydrogen-bond acceptors (Lipinski definition) is 3. The molecule has 0 aromatic heterocycles. The molecule has 2 aromatic rings. The van der Waals surface area contributed by atoms with E-state index in [9.17, 15) is 4.79 Å². The first-order valence-corrected chi connectivity index (χ1v) is 9.24. The van der Waals surface area contributed by atoms with E-state index in [0.717, 1.165) is 37.6 Å². The van der Waals surface area contributed by atoms with Gasteiger partial charge in [0.2, 0.25) is 0 Å². The Morgan fingerprint density at radius 2 is 1.73 bits per heavy atom. The van der Waals surface area contributed by atoms with Crippen LogP contribution in [-0.4, -0.2) is 45.2 Å². The molecule has 26 heavy (non-hydrogen) atoms. The number of hydrogen-bond donors (Lipinski definition) is 2. The summed E-state index contributed by atoms with van der Waals surface area (Å²) in [5.41, 5.74) is 1.98. The standard InChI is InChI=1S/C20H24ClN3O2/c1-15(20(25)22-17-5-3-16(21)4-6-17)23-11-13-24(14-12-23)18-7-9-19(26-2)10-8-18/h3-10,15H,11-14H2,1-2H3,(H,22,25)/p+1/t15-/m1/s1. The number of piperazine rings is 1. The Morgan fingerprint density at radius 3 is 2.31 bits per heavy atom. The number of carbonyl (C=O) groups excluding carboxylic acids is 1. The number of halogens is 1. The second-order valence-electron chi connectivity index (χ2n) is 6.56. The second kappa shape index (κ2) is 8.43. The lowest BCUT2D eigenvalue weighted by Gasteiger charge is -2.36. The Morgan fingerprint density at radius 1 is 1.12 bits per heavy atom. The minimum Gasteiger partial charge on any atom is -0.497 e. The predicted molar refractivity (Wildman–Crippen MR) is 105 cm³/mol. The molecule has 0 aliphatic carbocycles. The van der Waals surface area contributed by atoms with Gasteiger partial charge in [-0.1, -0.05) is 11.6 Å². The molecular formula is C20H25ClN3O2+. The summed E-state index contributed by atoms with van der Waals surface area (Å²) in [5, 5.41) is 3.64. The van der Waals surface area contributed by atoms with Crippen molar-refractivity contribution in [1.82, 2.24) is 0 Å². The van der Waals surface area contributed by atoms with Gasteiger partial charge >= 0.3 is 0 Å². The first kappa shape index (κ1) is 18.5. The molecule has 1 atom stereocenters. The zero-order valence-electron chi connectivity index (χ0n) is 15.2. The molecule has 1 amide bonds. The van der Waals surface area contributed by atoms with Gasteiger partial charge in [0.05, 0.1) is 33.3 Å². The smallest absolute Gasteiger partial charge is 0.282 e. The average Bonchev–Trinajstić information content (AvgIpc) is 2.69. The molecule has 1 aliphatic heterocycles. The van der Waals surface area contributed by atoms with Crippen molar-refractivity contribution >= 4 is 28.9 Å². The fraction of sp³-hybridized carbons (Fsp3) is 0.350. The van der Waals surface area contributed by atoms with Crippen molar-refractivity contribution in [2.75, 3.05) is 43.5 Å². The summed E-state index contributed by atoms with van der Waals surface area (Å²) < 4.78 is 5.21. The molecule has 138 valence electrons. The van der Waals surface area contributed by atoms with Gasteiger partial charge < -0.3 is 19.9 Å². The Kier molecular flexibility index (Phi) is 6.01. The van der Waals surface area contributed by atoms with Crippen molar-refractivity contribution < 1.29 is 14.4 Å². The normalized spacial score (nSPS) is 16.2. The minimum absolute atomic E-state index is 0.0419. The first-order valence-electron chi connectivity index (χ1n) is 8.87. The summed E-state index contributed by atoms with van der Waals surface area (Å²) in [6, 6.07) is 15.2. The maximum Gasteiger partial charge on any atom is 0.282 e. The number of amides is 1. The third kappa shape index (κ3) is 4.48. The second-order valence-corrected chi connectivity index (χ2v) is 7.00. The van der Waals surface area contributed by atoms with E-state index in [1.165, 1.54) is 10.6 Å². The lowest BCUT2D eigenvalue weighted by atomic mass is 10.2. The number of nitrogens with one attached hydrogen (secondary N) is 2. The van der Waals surface area contributed by atoms with Crippen LogP contribution in [0.3, 0.4) is 0 Å². The number of quaternary nitrogens is 1. The summed E-state index contributed by atoms with van der Waals surface area (Å²) in [5.74, 6) is 0.908. The van der Waals surface area contributed by atoms with Crippen molar-refractivity contribution in [3.63, 3.8) is 0 Å². The number of benzene rings is 2. The van der Waals surface area contributed by atoms with Crippen LogP contribution in [0.15, 0.2) is 48.5 Å². The van der Waals surface area contributed by atoms with Gasteiger partial charge in [-0.05, 0) is 55.5 Å². The van der Waals surface area contributed by atoms with Crippen LogP contribution in [0.2, 0.25) is 5.02 Å². The van der Waals surface area contributed by atoms with E-state index in [1.807, 2.05) is 31.2 Å². The highest BCUT2D eigenvalue weighted by molar-refractivity contribution is 6.30. The number of methoxy groups -OCH3 is 1.